The van der Waals surface area contributed by atoms with Crippen molar-refractivity contribution in [1.82, 2.24) is 0 Å². The lowest BCUT2D eigenvalue weighted by atomic mass is 9.73. The molecule has 0 radical (unpaired) electrons. The SMILES string of the molecule is CCCCCCCCc1ccc2c(c1)CC[C@H]([C@@](C)(N)C(=O)OCC)C2. The predicted molar refractivity (Wildman–Crippen MR) is 108 cm³/mol. The Kier molecular flexibility index (Phi) is 8.15. The lowest BCUT2D eigenvalue weighted by Crippen LogP contribution is -2.54. The average molecular weight is 360 g/mol. The van der Waals surface area contributed by atoms with E-state index in [2.05, 4.69) is 25.1 Å². The molecule has 26 heavy (non-hydrogen) atoms. The van der Waals surface area contributed by atoms with Crippen LogP contribution in [0.1, 0.15) is 82.4 Å². The number of aryl methyl sites for hydroxylation is 2. The molecule has 0 unspecified atom stereocenters. The fourth-order valence-electron chi connectivity index (χ4n) is 4.04. The van der Waals surface area contributed by atoms with Gasteiger partial charge in [-0.25, -0.2) is 0 Å². The van der Waals surface area contributed by atoms with Gasteiger partial charge in [-0.05, 0) is 68.6 Å². The van der Waals surface area contributed by atoms with Crippen molar-refractivity contribution in [3.05, 3.63) is 34.9 Å². The molecule has 0 saturated carbocycles. The molecule has 3 heteroatoms. The predicted octanol–water partition coefficient (Wildman–Crippen LogP) is 4.98. The first kappa shape index (κ1) is 21.0. The summed E-state index contributed by atoms with van der Waals surface area (Å²) < 4.78 is 5.18. The van der Waals surface area contributed by atoms with Gasteiger partial charge in [-0.15, -0.1) is 0 Å². The van der Waals surface area contributed by atoms with Crippen molar-refractivity contribution in [3.63, 3.8) is 0 Å². The maximum absolute atomic E-state index is 12.2. The number of hydrogen-bond acceptors (Lipinski definition) is 3. The third-order valence-electron chi connectivity index (χ3n) is 5.88. The highest BCUT2D eigenvalue weighted by molar-refractivity contribution is 5.80. The van der Waals surface area contributed by atoms with E-state index in [0.29, 0.717) is 6.61 Å². The molecular weight excluding hydrogens is 322 g/mol. The van der Waals surface area contributed by atoms with Crippen molar-refractivity contribution >= 4 is 5.97 Å². The third-order valence-corrected chi connectivity index (χ3v) is 5.88. The fourth-order valence-corrected chi connectivity index (χ4v) is 4.04. The van der Waals surface area contributed by atoms with E-state index < -0.39 is 5.54 Å². The van der Waals surface area contributed by atoms with E-state index in [1.54, 1.807) is 0 Å². The van der Waals surface area contributed by atoms with Crippen LogP contribution in [0.15, 0.2) is 18.2 Å². The topological polar surface area (TPSA) is 52.3 Å². The van der Waals surface area contributed by atoms with Crippen molar-refractivity contribution in [3.8, 4) is 0 Å². The molecule has 2 N–H and O–H groups in total. The van der Waals surface area contributed by atoms with Crippen LogP contribution in [0.4, 0.5) is 0 Å². The van der Waals surface area contributed by atoms with E-state index in [0.717, 1.165) is 19.3 Å². The van der Waals surface area contributed by atoms with Crippen LogP contribution >= 0.6 is 0 Å². The summed E-state index contributed by atoms with van der Waals surface area (Å²) >= 11 is 0. The quantitative estimate of drug-likeness (QED) is 0.474. The maximum Gasteiger partial charge on any atom is 0.326 e. The molecule has 2 atom stereocenters. The molecule has 2 rings (SSSR count). The first-order valence-corrected chi connectivity index (χ1v) is 10.6. The number of fused-ring (bicyclic) bond motifs is 1. The summed E-state index contributed by atoms with van der Waals surface area (Å²) in [4.78, 5) is 12.2. The minimum absolute atomic E-state index is 0.151. The van der Waals surface area contributed by atoms with Crippen LogP contribution in [0, 0.1) is 5.92 Å². The van der Waals surface area contributed by atoms with Crippen LogP contribution in [0.25, 0.3) is 0 Å². The molecule has 0 saturated heterocycles. The summed E-state index contributed by atoms with van der Waals surface area (Å²) in [6.45, 7) is 6.30. The third kappa shape index (κ3) is 5.57. The van der Waals surface area contributed by atoms with Gasteiger partial charge in [0.05, 0.1) is 6.61 Å². The Balaban J connectivity index is 1.89. The average Bonchev–Trinajstić information content (AvgIpc) is 2.64. The number of hydrogen-bond donors (Lipinski definition) is 1. The molecule has 0 spiro atoms. The number of carbonyl (C=O) groups excluding carboxylic acids is 1. The van der Waals surface area contributed by atoms with Gasteiger partial charge >= 0.3 is 5.97 Å². The molecule has 0 aromatic heterocycles. The Bertz CT molecular complexity index is 580. The second-order valence-electron chi connectivity index (χ2n) is 8.06. The van der Waals surface area contributed by atoms with Gasteiger partial charge in [0.2, 0.25) is 0 Å². The van der Waals surface area contributed by atoms with Crippen LogP contribution in [0.3, 0.4) is 0 Å². The van der Waals surface area contributed by atoms with Gasteiger partial charge in [0.1, 0.15) is 5.54 Å². The summed E-state index contributed by atoms with van der Waals surface area (Å²) in [6, 6.07) is 6.91. The standard InChI is InChI=1S/C23H37NO2/c1-4-6-7-8-9-10-11-18-12-13-20-17-21(15-14-19(20)16-18)23(3,24)22(25)26-5-2/h12-13,16,21H,4-11,14-15,17,24H2,1-3H3/t21-,23+/m0/s1. The van der Waals surface area contributed by atoms with Crippen molar-refractivity contribution < 1.29 is 9.53 Å². The summed E-state index contributed by atoms with van der Waals surface area (Å²) in [5.41, 5.74) is 9.71. The zero-order valence-electron chi connectivity index (χ0n) is 17.0. The number of nitrogens with two attached hydrogens (primary N) is 1. The Labute approximate surface area is 159 Å². The molecule has 0 heterocycles. The van der Waals surface area contributed by atoms with E-state index in [4.69, 9.17) is 10.5 Å². The molecule has 0 bridgehead atoms. The van der Waals surface area contributed by atoms with E-state index in [-0.39, 0.29) is 11.9 Å². The summed E-state index contributed by atoms with van der Waals surface area (Å²) in [6.07, 6.45) is 12.1. The summed E-state index contributed by atoms with van der Waals surface area (Å²) in [7, 11) is 0. The molecule has 1 aromatic carbocycles. The number of esters is 1. The van der Waals surface area contributed by atoms with Crippen LogP contribution in [0.5, 0.6) is 0 Å². The van der Waals surface area contributed by atoms with Crippen LogP contribution in [0.2, 0.25) is 0 Å². The Hall–Kier alpha value is -1.35. The maximum atomic E-state index is 12.2. The molecular formula is C23H37NO2. The lowest BCUT2D eigenvalue weighted by molar-refractivity contribution is -0.151. The summed E-state index contributed by atoms with van der Waals surface area (Å²) in [5, 5.41) is 0. The Morgan fingerprint density at radius 2 is 1.88 bits per heavy atom. The van der Waals surface area contributed by atoms with Crippen molar-refractivity contribution in [2.24, 2.45) is 11.7 Å². The molecule has 1 aliphatic carbocycles. The highest BCUT2D eigenvalue weighted by Gasteiger charge is 2.40. The number of unbranched alkanes of at least 4 members (excludes halogenated alkanes) is 5. The second kappa shape index (κ2) is 10.1. The summed E-state index contributed by atoms with van der Waals surface area (Å²) in [5.74, 6) is -0.119. The highest BCUT2D eigenvalue weighted by atomic mass is 16.5. The molecule has 3 nitrogen and oxygen atoms in total. The van der Waals surface area contributed by atoms with Gasteiger partial charge in [0.25, 0.3) is 0 Å². The molecule has 1 aromatic rings. The van der Waals surface area contributed by atoms with Crippen molar-refractivity contribution in [1.29, 1.82) is 0 Å². The molecule has 0 aliphatic heterocycles. The van der Waals surface area contributed by atoms with Crippen molar-refractivity contribution in [2.45, 2.75) is 90.5 Å². The van der Waals surface area contributed by atoms with E-state index in [1.807, 2.05) is 13.8 Å². The van der Waals surface area contributed by atoms with E-state index in [9.17, 15) is 4.79 Å². The zero-order chi connectivity index (χ0) is 19.0. The Morgan fingerprint density at radius 1 is 1.15 bits per heavy atom. The first-order chi connectivity index (χ1) is 12.5. The van der Waals surface area contributed by atoms with E-state index >= 15 is 0 Å². The Morgan fingerprint density at radius 3 is 2.62 bits per heavy atom. The first-order valence-electron chi connectivity index (χ1n) is 10.6. The second-order valence-corrected chi connectivity index (χ2v) is 8.06. The van der Waals surface area contributed by atoms with Gasteiger partial charge in [-0.3, -0.25) is 4.79 Å². The van der Waals surface area contributed by atoms with Gasteiger partial charge in [0.15, 0.2) is 0 Å². The van der Waals surface area contributed by atoms with Gasteiger partial charge in [-0.2, -0.15) is 0 Å². The smallest absolute Gasteiger partial charge is 0.326 e. The number of rotatable bonds is 10. The highest BCUT2D eigenvalue weighted by Crippen LogP contribution is 2.33. The number of ether oxygens (including phenoxy) is 1. The molecule has 0 amide bonds. The van der Waals surface area contributed by atoms with Crippen LogP contribution < -0.4 is 5.73 Å². The zero-order valence-corrected chi connectivity index (χ0v) is 17.0. The van der Waals surface area contributed by atoms with Crippen LogP contribution in [-0.2, 0) is 28.8 Å². The largest absolute Gasteiger partial charge is 0.465 e. The van der Waals surface area contributed by atoms with E-state index in [1.165, 1.54) is 61.6 Å². The normalized spacial score (nSPS) is 18.8. The minimum Gasteiger partial charge on any atom is -0.465 e. The van der Waals surface area contributed by atoms with Crippen LogP contribution in [-0.4, -0.2) is 18.1 Å². The molecule has 146 valence electrons. The lowest BCUT2D eigenvalue weighted by Gasteiger charge is -2.35. The molecule has 1 aliphatic rings. The minimum atomic E-state index is -0.898. The van der Waals surface area contributed by atoms with Gasteiger partial charge in [0, 0.05) is 0 Å². The van der Waals surface area contributed by atoms with Gasteiger partial charge < -0.3 is 10.5 Å². The molecule has 0 fully saturated rings. The van der Waals surface area contributed by atoms with Gasteiger partial charge in [-0.1, -0.05) is 57.2 Å². The number of benzene rings is 1. The fraction of sp³-hybridized carbons (Fsp3) is 0.696. The monoisotopic (exact) mass is 359 g/mol. The van der Waals surface area contributed by atoms with Crippen molar-refractivity contribution in [2.75, 3.05) is 6.61 Å². The number of carbonyl (C=O) groups is 1.